The van der Waals surface area contributed by atoms with E-state index >= 15 is 0 Å². The van der Waals surface area contributed by atoms with Gasteiger partial charge in [0.2, 0.25) is 5.79 Å². The quantitative estimate of drug-likeness (QED) is 0.632. The predicted molar refractivity (Wildman–Crippen MR) is 114 cm³/mol. The number of amides is 1. The van der Waals surface area contributed by atoms with Gasteiger partial charge in [0.25, 0.3) is 0 Å². The summed E-state index contributed by atoms with van der Waals surface area (Å²) in [4.78, 5) is 24.7. The maximum atomic E-state index is 12.6. The highest BCUT2D eigenvalue weighted by Gasteiger charge is 2.71. The summed E-state index contributed by atoms with van der Waals surface area (Å²) in [5, 5.41) is 2.84. The van der Waals surface area contributed by atoms with Gasteiger partial charge in [-0.2, -0.15) is 0 Å². The van der Waals surface area contributed by atoms with Crippen LogP contribution in [0.15, 0.2) is 0 Å². The molecule has 2 bridgehead atoms. The lowest BCUT2D eigenvalue weighted by atomic mass is 9.49. The molecule has 7 heteroatoms. The van der Waals surface area contributed by atoms with Crippen LogP contribution in [0.2, 0.25) is 0 Å². The minimum Gasteiger partial charge on any atom is -0.444 e. The zero-order valence-corrected chi connectivity index (χ0v) is 20.0. The number of carbonyl (C=O) groups excluding carboxylic acids is 2. The van der Waals surface area contributed by atoms with Crippen molar-refractivity contribution in [2.24, 2.45) is 16.7 Å². The van der Waals surface area contributed by atoms with Crippen LogP contribution in [0.3, 0.4) is 0 Å². The van der Waals surface area contributed by atoms with E-state index in [1.807, 2.05) is 20.8 Å². The van der Waals surface area contributed by atoms with Gasteiger partial charge in [0, 0.05) is 31.2 Å². The van der Waals surface area contributed by atoms with Gasteiger partial charge < -0.3 is 24.3 Å². The van der Waals surface area contributed by atoms with E-state index in [0.29, 0.717) is 25.3 Å². The monoisotopic (exact) mass is 437 g/mol. The van der Waals surface area contributed by atoms with Crippen LogP contribution >= 0.6 is 0 Å². The normalized spacial score (nSPS) is 44.9. The first-order valence-electron chi connectivity index (χ1n) is 11.9. The average molecular weight is 438 g/mol. The van der Waals surface area contributed by atoms with Crippen molar-refractivity contribution >= 4 is 12.1 Å². The maximum absolute atomic E-state index is 12.6. The van der Waals surface area contributed by atoms with Gasteiger partial charge in [-0.25, -0.2) is 4.79 Å². The summed E-state index contributed by atoms with van der Waals surface area (Å²) in [6.45, 7) is 12.5. The molecule has 6 atom stereocenters. The number of carbonyl (C=O) groups is 2. The van der Waals surface area contributed by atoms with E-state index in [2.05, 4.69) is 26.1 Å². The predicted octanol–water partition coefficient (Wildman–Crippen LogP) is 4.67. The Labute approximate surface area is 185 Å². The third-order valence-corrected chi connectivity index (χ3v) is 8.16. The van der Waals surface area contributed by atoms with Gasteiger partial charge in [0.15, 0.2) is 5.79 Å². The van der Waals surface area contributed by atoms with Gasteiger partial charge in [-0.05, 0) is 57.8 Å². The van der Waals surface area contributed by atoms with Crippen molar-refractivity contribution in [3.05, 3.63) is 0 Å². The first-order valence-corrected chi connectivity index (χ1v) is 11.9. The third-order valence-electron chi connectivity index (χ3n) is 8.16. The molecule has 0 aromatic carbocycles. The molecule has 4 aliphatic rings. The van der Waals surface area contributed by atoms with Crippen molar-refractivity contribution in [3.8, 4) is 0 Å². The lowest BCUT2D eigenvalue weighted by Gasteiger charge is -2.67. The third kappa shape index (κ3) is 3.97. The molecule has 1 amide bonds. The van der Waals surface area contributed by atoms with E-state index in [9.17, 15) is 9.59 Å². The van der Waals surface area contributed by atoms with Crippen molar-refractivity contribution in [3.63, 3.8) is 0 Å². The molecule has 7 nitrogen and oxygen atoms in total. The highest BCUT2D eigenvalue weighted by Crippen LogP contribution is 2.68. The first kappa shape index (κ1) is 22.8. The largest absolute Gasteiger partial charge is 0.444 e. The number of nitrogens with one attached hydrogen (secondary N) is 1. The molecule has 3 heterocycles. The molecular weight excluding hydrogens is 398 g/mol. The summed E-state index contributed by atoms with van der Waals surface area (Å²) in [7, 11) is 0. The van der Waals surface area contributed by atoms with Crippen LogP contribution in [-0.4, -0.2) is 41.9 Å². The molecule has 3 aliphatic heterocycles. The van der Waals surface area contributed by atoms with Crippen molar-refractivity contribution in [2.75, 3.05) is 6.54 Å². The Bertz CT molecular complexity index is 749. The highest BCUT2D eigenvalue weighted by molar-refractivity contribution is 5.72. The number of ether oxygens (including phenoxy) is 4. The van der Waals surface area contributed by atoms with Crippen molar-refractivity contribution in [2.45, 2.75) is 116 Å². The van der Waals surface area contributed by atoms with Crippen molar-refractivity contribution in [1.29, 1.82) is 0 Å². The Kier molecular flexibility index (Phi) is 5.41. The second-order valence-corrected chi connectivity index (χ2v) is 11.8. The summed E-state index contributed by atoms with van der Waals surface area (Å²) >= 11 is 0. The molecule has 1 N–H and O–H groups in total. The standard InChI is InChI=1S/C24H39NO6/c1-16-12-17(15-25-19(27)30-20(2,3)4)28-23(13-16)11-10-22(6)21(5)8-7-9-24(22,31-23)29-18(26)14-21/h16-17H,7-15H2,1-6H3,(H,25,27)/t16-,17+,21+,22-,23-,24-/m0/s1. The van der Waals surface area contributed by atoms with Crippen LogP contribution in [0.5, 0.6) is 0 Å². The smallest absolute Gasteiger partial charge is 0.407 e. The van der Waals surface area contributed by atoms with E-state index in [1.165, 1.54) is 0 Å². The van der Waals surface area contributed by atoms with Crippen LogP contribution in [-0.2, 0) is 23.7 Å². The summed E-state index contributed by atoms with van der Waals surface area (Å²) in [6.07, 6.45) is 5.83. The van der Waals surface area contributed by atoms with E-state index in [0.717, 1.165) is 38.5 Å². The van der Waals surface area contributed by atoms with Gasteiger partial charge in [0.1, 0.15) is 5.60 Å². The molecule has 4 rings (SSSR count). The summed E-state index contributed by atoms with van der Waals surface area (Å²) in [5.74, 6) is -1.50. The van der Waals surface area contributed by atoms with Crippen LogP contribution in [0.25, 0.3) is 0 Å². The summed E-state index contributed by atoms with van der Waals surface area (Å²) in [5.41, 5.74) is -0.869. The minimum atomic E-state index is -0.923. The fourth-order valence-electron chi connectivity index (χ4n) is 6.50. The fraction of sp³-hybridized carbons (Fsp3) is 0.917. The minimum absolute atomic E-state index is 0.111. The zero-order chi connectivity index (χ0) is 22.7. The molecular formula is C24H39NO6. The second kappa shape index (κ2) is 7.34. The molecule has 0 aromatic heterocycles. The number of alkyl carbamates (subject to hydrolysis) is 1. The Morgan fingerprint density at radius 1 is 1.19 bits per heavy atom. The Morgan fingerprint density at radius 2 is 1.94 bits per heavy atom. The van der Waals surface area contributed by atoms with Crippen LogP contribution < -0.4 is 5.32 Å². The summed E-state index contributed by atoms with van der Waals surface area (Å²) < 4.78 is 24.7. The van der Waals surface area contributed by atoms with Crippen molar-refractivity contribution in [1.82, 2.24) is 5.32 Å². The van der Waals surface area contributed by atoms with Crippen LogP contribution in [0.4, 0.5) is 4.79 Å². The zero-order valence-electron chi connectivity index (χ0n) is 20.0. The van der Waals surface area contributed by atoms with Crippen LogP contribution in [0.1, 0.15) is 92.9 Å². The summed E-state index contributed by atoms with van der Waals surface area (Å²) in [6, 6.07) is 0. The molecule has 0 aromatic rings. The average Bonchev–Trinajstić information content (AvgIpc) is 2.59. The van der Waals surface area contributed by atoms with Gasteiger partial charge in [0.05, 0.1) is 12.5 Å². The van der Waals surface area contributed by atoms with E-state index in [4.69, 9.17) is 18.9 Å². The first-order chi connectivity index (χ1) is 14.3. The number of rotatable bonds is 2. The fourth-order valence-corrected chi connectivity index (χ4v) is 6.50. The lowest BCUT2D eigenvalue weighted by Crippen LogP contribution is -2.71. The van der Waals surface area contributed by atoms with Gasteiger partial charge in [-0.3, -0.25) is 4.79 Å². The number of esters is 1. The lowest BCUT2D eigenvalue weighted by molar-refractivity contribution is -0.453. The molecule has 0 radical (unpaired) electrons. The van der Waals surface area contributed by atoms with E-state index < -0.39 is 23.3 Å². The molecule has 0 unspecified atom stereocenters. The van der Waals surface area contributed by atoms with Gasteiger partial charge in [-0.1, -0.05) is 20.8 Å². The topological polar surface area (TPSA) is 83.1 Å². The van der Waals surface area contributed by atoms with E-state index in [-0.39, 0.29) is 22.9 Å². The molecule has 176 valence electrons. The van der Waals surface area contributed by atoms with Gasteiger partial charge >= 0.3 is 12.1 Å². The highest BCUT2D eigenvalue weighted by atomic mass is 16.8. The molecule has 1 spiro atoms. The van der Waals surface area contributed by atoms with Crippen molar-refractivity contribution < 1.29 is 28.5 Å². The second-order valence-electron chi connectivity index (χ2n) is 11.8. The maximum Gasteiger partial charge on any atom is 0.407 e. The number of hydrogen-bond donors (Lipinski definition) is 1. The molecule has 31 heavy (non-hydrogen) atoms. The molecule has 4 fully saturated rings. The van der Waals surface area contributed by atoms with E-state index in [1.54, 1.807) is 0 Å². The Morgan fingerprint density at radius 3 is 2.65 bits per heavy atom. The Balaban J connectivity index is 1.50. The molecule has 1 saturated carbocycles. The Hall–Kier alpha value is -1.34. The van der Waals surface area contributed by atoms with Crippen LogP contribution in [0, 0.1) is 16.7 Å². The SMILES string of the molecule is C[C@H]1C[C@H](CNC(=O)OC(C)(C)C)O[C@]2(CC[C@@]3(C)[C@]4(C)CCC[C@]3(OC(=O)C4)O2)C1. The van der Waals surface area contributed by atoms with Gasteiger partial charge in [-0.15, -0.1) is 0 Å². The number of hydrogen-bond acceptors (Lipinski definition) is 6. The molecule has 1 aliphatic carbocycles. The molecule has 3 saturated heterocycles.